The number of aromatic hydroxyl groups is 3. The van der Waals surface area contributed by atoms with Crippen LogP contribution in [0.4, 0.5) is 0 Å². The molecule has 0 aliphatic rings. The number of nitrogens with two attached hydrogens (primary N) is 3. The summed E-state index contributed by atoms with van der Waals surface area (Å²) in [5, 5.41) is 56.3. The summed E-state index contributed by atoms with van der Waals surface area (Å²) in [4.78, 5) is 32.7. The van der Waals surface area contributed by atoms with Gasteiger partial charge in [0, 0.05) is 0 Å². The van der Waals surface area contributed by atoms with E-state index in [1.54, 1.807) is 36.4 Å². The van der Waals surface area contributed by atoms with Gasteiger partial charge in [0.25, 0.3) is 0 Å². The average Bonchev–Trinajstić information content (AvgIpc) is 3.27. The van der Waals surface area contributed by atoms with Gasteiger partial charge in [-0.3, -0.25) is 14.4 Å². The van der Waals surface area contributed by atoms with Gasteiger partial charge in [-0.1, -0.05) is 0 Å². The van der Waals surface area contributed by atoms with E-state index in [1.807, 2.05) is 36.4 Å². The molecule has 72 heavy (non-hydrogen) atoms. The van der Waals surface area contributed by atoms with Gasteiger partial charge in [-0.25, -0.2) is 0 Å². The number of carboxylic acids is 3. The highest BCUT2D eigenvalue weighted by atomic mass is 127. The lowest BCUT2D eigenvalue weighted by Crippen LogP contribution is -2.32. The van der Waals surface area contributed by atoms with Crippen LogP contribution in [-0.2, 0) is 33.6 Å². The van der Waals surface area contributed by atoms with Gasteiger partial charge in [0.2, 0.25) is 0 Å². The molecule has 0 amide bonds. The molecule has 3 atom stereocenters. The molecular formula is C45H33I12N3O12. The first-order chi connectivity index (χ1) is 33.6. The Morgan fingerprint density at radius 1 is 0.347 bits per heavy atom. The van der Waals surface area contributed by atoms with Crippen LogP contribution in [0.3, 0.4) is 0 Å². The molecule has 0 aromatic heterocycles. The van der Waals surface area contributed by atoms with E-state index in [2.05, 4.69) is 271 Å². The number of ether oxygens (including phenoxy) is 3. The third-order valence-corrected chi connectivity index (χ3v) is 18.9. The molecule has 0 aliphatic carbocycles. The summed E-state index contributed by atoms with van der Waals surface area (Å²) in [7, 11) is 0. The Bertz CT molecular complexity index is 2570. The molecule has 12 N–H and O–H groups in total. The van der Waals surface area contributed by atoms with E-state index in [0.29, 0.717) is 55.9 Å². The first kappa shape index (κ1) is 65.7. The maximum atomic E-state index is 10.9. The number of carboxylic acid groups (broad SMARTS) is 3. The number of carbonyl (C=O) groups is 3. The summed E-state index contributed by atoms with van der Waals surface area (Å²) in [6.07, 6.45) is 0.782. The van der Waals surface area contributed by atoms with Crippen LogP contribution in [0.15, 0.2) is 72.8 Å². The first-order valence-corrected chi connectivity index (χ1v) is 32.5. The molecule has 6 aromatic carbocycles. The number of phenolic OH excluding ortho intramolecular Hbond substituents is 3. The molecule has 0 bridgehead atoms. The lowest BCUT2D eigenvalue weighted by molar-refractivity contribution is -0.139. The summed E-state index contributed by atoms with van der Waals surface area (Å²) in [6.45, 7) is 0. The van der Waals surface area contributed by atoms with Gasteiger partial charge in [-0.05, 0) is 380 Å². The fourth-order valence-corrected chi connectivity index (χ4v) is 17.1. The molecule has 0 saturated heterocycles. The third kappa shape index (κ3) is 19.8. The second kappa shape index (κ2) is 30.7. The highest BCUT2D eigenvalue weighted by Gasteiger charge is 2.20. The molecule has 384 valence electrons. The van der Waals surface area contributed by atoms with Gasteiger partial charge < -0.3 is 62.1 Å². The minimum Gasteiger partial charge on any atom is -0.506 e. The number of benzene rings is 6. The predicted octanol–water partition coefficient (Wildman–Crippen LogP) is 13.7. The van der Waals surface area contributed by atoms with Gasteiger partial charge in [0.1, 0.15) is 52.6 Å². The highest BCUT2D eigenvalue weighted by Crippen LogP contribution is 2.40. The smallest absolute Gasteiger partial charge is 0.320 e. The zero-order chi connectivity index (χ0) is 54.0. The molecule has 0 spiro atoms. The van der Waals surface area contributed by atoms with Gasteiger partial charge in [0.15, 0.2) is 17.2 Å². The van der Waals surface area contributed by atoms with Crippen molar-refractivity contribution in [3.8, 4) is 51.7 Å². The monoisotopic (exact) mass is 2330 g/mol. The number of aliphatic carboxylic acids is 3. The molecule has 0 radical (unpaired) electrons. The van der Waals surface area contributed by atoms with Crippen molar-refractivity contribution < 1.29 is 59.2 Å². The number of phenols is 3. The molecule has 0 heterocycles. The summed E-state index contributed by atoms with van der Waals surface area (Å²) in [6, 6.07) is 19.0. The Hall–Kier alpha value is 1.17. The quantitative estimate of drug-likeness (QED) is 0.0432. The van der Waals surface area contributed by atoms with Gasteiger partial charge in [-0.15, -0.1) is 0 Å². The Balaban J connectivity index is 0.000000234. The topological polar surface area (TPSA) is 278 Å². The molecule has 6 rings (SSSR count). The molecule has 0 aliphatic heterocycles. The lowest BCUT2D eigenvalue weighted by Gasteiger charge is -2.14. The number of rotatable bonds is 15. The van der Waals surface area contributed by atoms with E-state index in [9.17, 15) is 29.7 Å². The van der Waals surface area contributed by atoms with Crippen molar-refractivity contribution in [2.45, 2.75) is 37.4 Å². The molecule has 0 fully saturated rings. The minimum absolute atomic E-state index is 0.242. The van der Waals surface area contributed by atoms with E-state index >= 15 is 0 Å². The average molecular weight is 2330 g/mol. The van der Waals surface area contributed by atoms with E-state index < -0.39 is 36.0 Å². The van der Waals surface area contributed by atoms with Gasteiger partial charge >= 0.3 is 17.9 Å². The van der Waals surface area contributed by atoms with Crippen LogP contribution in [0.1, 0.15) is 16.7 Å². The summed E-state index contributed by atoms with van der Waals surface area (Å²) >= 11 is 25.2. The van der Waals surface area contributed by atoms with Crippen molar-refractivity contribution in [3.63, 3.8) is 0 Å². The summed E-state index contributed by atoms with van der Waals surface area (Å²) < 4.78 is 27.4. The van der Waals surface area contributed by atoms with Crippen molar-refractivity contribution in [1.29, 1.82) is 0 Å². The summed E-state index contributed by atoms with van der Waals surface area (Å²) in [5.74, 6) is 1.65. The van der Waals surface area contributed by atoms with Crippen molar-refractivity contribution in [2.24, 2.45) is 17.2 Å². The Morgan fingerprint density at radius 3 is 0.667 bits per heavy atom. The Labute approximate surface area is 576 Å². The van der Waals surface area contributed by atoms with Crippen LogP contribution < -0.4 is 31.4 Å². The largest absolute Gasteiger partial charge is 0.506 e. The molecular weight excluding hydrogens is 2300 g/mol. The van der Waals surface area contributed by atoms with Crippen LogP contribution in [0.2, 0.25) is 0 Å². The Morgan fingerprint density at radius 2 is 0.514 bits per heavy atom. The number of halogens is 12. The molecule has 15 nitrogen and oxygen atoms in total. The van der Waals surface area contributed by atoms with E-state index in [-0.39, 0.29) is 36.5 Å². The zero-order valence-corrected chi connectivity index (χ0v) is 61.6. The molecule has 0 saturated carbocycles. The molecule has 6 aromatic rings. The lowest BCUT2D eigenvalue weighted by atomic mass is 10.1. The fraction of sp³-hybridized carbons (Fsp3) is 0.133. The highest BCUT2D eigenvalue weighted by molar-refractivity contribution is 14.1. The SMILES string of the molecule is NC(Cc1cc(I)c(Oc2cc(I)c(O)c(I)c2)c(I)c1)C(=O)O.NC(Cc1cc(I)c(Oc2cc(I)c(O)c(I)c2)c(I)c1)C(=O)O.NC(Cc1cc(I)c(Oc2cc(I)c(O)c(I)c2)c(I)c1)C(=O)O. The molecule has 3 unspecified atom stereocenters. The first-order valence-electron chi connectivity index (χ1n) is 19.5. The van der Waals surface area contributed by atoms with Crippen molar-refractivity contribution >= 4 is 289 Å². The van der Waals surface area contributed by atoms with Crippen molar-refractivity contribution in [3.05, 3.63) is 132 Å². The normalized spacial score (nSPS) is 12.0. The van der Waals surface area contributed by atoms with Crippen LogP contribution >= 0.6 is 271 Å². The fourth-order valence-electron chi connectivity index (χ4n) is 5.66. The number of hydrogen-bond donors (Lipinski definition) is 9. The zero-order valence-electron chi connectivity index (χ0n) is 35.7. The van der Waals surface area contributed by atoms with Crippen LogP contribution in [0.25, 0.3) is 0 Å². The van der Waals surface area contributed by atoms with E-state index in [1.165, 1.54) is 0 Å². The predicted molar refractivity (Wildman–Crippen MR) is 374 cm³/mol. The second-order valence-electron chi connectivity index (χ2n) is 14.6. The second-order valence-corrected chi connectivity index (χ2v) is 28.6. The number of hydrogen-bond acceptors (Lipinski definition) is 12. The standard InChI is InChI=1S/3C15H11I4NO4/c3*16-8-4-7(5-9(17)13(8)21)24-14-10(18)1-6(2-11(14)19)3-12(20)15(22)23/h3*1-2,4-5,12,21H,3,20H2,(H,22,23). The third-order valence-electron chi connectivity index (χ3n) is 9.12. The van der Waals surface area contributed by atoms with Gasteiger partial charge in [-0.2, -0.15) is 0 Å². The van der Waals surface area contributed by atoms with Crippen LogP contribution in [-0.4, -0.2) is 66.7 Å². The van der Waals surface area contributed by atoms with Gasteiger partial charge in [0.05, 0.1) is 42.8 Å². The van der Waals surface area contributed by atoms with Crippen molar-refractivity contribution in [2.75, 3.05) is 0 Å². The minimum atomic E-state index is -1.02. The maximum absolute atomic E-state index is 10.9. The molecule has 27 heteroatoms. The Kier molecular flexibility index (Phi) is 28.0. The van der Waals surface area contributed by atoms with Crippen LogP contribution in [0.5, 0.6) is 51.7 Å². The maximum Gasteiger partial charge on any atom is 0.320 e. The van der Waals surface area contributed by atoms with E-state index in [0.717, 1.165) is 38.1 Å². The van der Waals surface area contributed by atoms with E-state index in [4.69, 9.17) is 46.7 Å². The van der Waals surface area contributed by atoms with Crippen molar-refractivity contribution in [1.82, 2.24) is 0 Å². The van der Waals surface area contributed by atoms with Crippen LogP contribution in [0, 0.1) is 42.8 Å². The summed E-state index contributed by atoms with van der Waals surface area (Å²) in [5.41, 5.74) is 19.3.